The van der Waals surface area contributed by atoms with E-state index in [-0.39, 0.29) is 17.7 Å². The summed E-state index contributed by atoms with van der Waals surface area (Å²) in [5, 5.41) is 5.78. The number of halogens is 1. The maximum absolute atomic E-state index is 13.0. The smallest absolute Gasteiger partial charge is 0.287 e. The quantitative estimate of drug-likeness (QED) is 0.576. The van der Waals surface area contributed by atoms with E-state index in [2.05, 4.69) is 26.6 Å². The van der Waals surface area contributed by atoms with Gasteiger partial charge in [-0.25, -0.2) is 0 Å². The monoisotopic (exact) mass is 440 g/mol. The van der Waals surface area contributed by atoms with Gasteiger partial charge in [0.05, 0.1) is 12.3 Å². The van der Waals surface area contributed by atoms with E-state index in [9.17, 15) is 9.59 Å². The number of hydrogen-bond donors (Lipinski definition) is 2. The highest BCUT2D eigenvalue weighted by atomic mass is 79.9. The van der Waals surface area contributed by atoms with Crippen LogP contribution in [-0.4, -0.2) is 17.9 Å². The first-order valence-corrected chi connectivity index (χ1v) is 9.77. The Bertz CT molecular complexity index is 926. The summed E-state index contributed by atoms with van der Waals surface area (Å²) in [6.45, 7) is 1.91. The normalized spacial score (nSPS) is 12.8. The van der Waals surface area contributed by atoms with E-state index in [1.807, 2.05) is 61.5 Å². The Morgan fingerprint density at radius 1 is 0.964 bits per heavy atom. The summed E-state index contributed by atoms with van der Waals surface area (Å²) >= 11 is 3.51. The molecule has 1 heterocycles. The van der Waals surface area contributed by atoms with Gasteiger partial charge >= 0.3 is 0 Å². The molecule has 2 amide bonds. The minimum absolute atomic E-state index is 0.171. The second kappa shape index (κ2) is 9.37. The summed E-state index contributed by atoms with van der Waals surface area (Å²) in [7, 11) is 0. The summed E-state index contributed by atoms with van der Waals surface area (Å²) in [5.41, 5.74) is 1.92. The fourth-order valence-corrected chi connectivity index (χ4v) is 3.54. The number of hydrogen-bond acceptors (Lipinski definition) is 3. The minimum atomic E-state index is -0.732. The van der Waals surface area contributed by atoms with Crippen molar-refractivity contribution in [3.8, 4) is 0 Å². The molecule has 2 unspecified atom stereocenters. The number of amides is 2. The molecular formula is C22H21BrN2O3. The lowest BCUT2D eigenvalue weighted by Crippen LogP contribution is -2.48. The molecule has 0 fully saturated rings. The first-order valence-electron chi connectivity index (χ1n) is 8.97. The Morgan fingerprint density at radius 2 is 1.68 bits per heavy atom. The molecule has 144 valence electrons. The predicted molar refractivity (Wildman–Crippen MR) is 111 cm³/mol. The third-order valence-corrected chi connectivity index (χ3v) is 5.10. The van der Waals surface area contributed by atoms with Crippen molar-refractivity contribution in [2.24, 2.45) is 0 Å². The Labute approximate surface area is 172 Å². The van der Waals surface area contributed by atoms with Crippen molar-refractivity contribution >= 4 is 27.7 Å². The van der Waals surface area contributed by atoms with Crippen LogP contribution in [0.1, 0.15) is 34.6 Å². The zero-order chi connectivity index (χ0) is 19.9. The number of nitrogens with one attached hydrogen (secondary N) is 2. The molecule has 6 heteroatoms. The number of furan rings is 1. The van der Waals surface area contributed by atoms with Crippen LogP contribution in [0.25, 0.3) is 0 Å². The van der Waals surface area contributed by atoms with Crippen molar-refractivity contribution < 1.29 is 14.0 Å². The van der Waals surface area contributed by atoms with Gasteiger partial charge < -0.3 is 15.1 Å². The van der Waals surface area contributed by atoms with Crippen molar-refractivity contribution in [3.05, 3.63) is 94.4 Å². The topological polar surface area (TPSA) is 71.3 Å². The maximum atomic E-state index is 13.0. The van der Waals surface area contributed by atoms with E-state index < -0.39 is 11.9 Å². The number of benzene rings is 2. The average molecular weight is 441 g/mol. The molecule has 0 saturated carbocycles. The Hall–Kier alpha value is -2.86. The molecule has 3 rings (SSSR count). The fourth-order valence-electron chi connectivity index (χ4n) is 2.91. The SMILES string of the molecule is CC(NC(=O)C(Cc1ccccc1)NC(=O)c1ccco1)c1ccccc1Br. The summed E-state index contributed by atoms with van der Waals surface area (Å²) in [4.78, 5) is 25.4. The van der Waals surface area contributed by atoms with Crippen LogP contribution >= 0.6 is 15.9 Å². The summed E-state index contributed by atoms with van der Waals surface area (Å²) < 4.78 is 6.06. The van der Waals surface area contributed by atoms with Gasteiger partial charge in [-0.2, -0.15) is 0 Å². The highest BCUT2D eigenvalue weighted by molar-refractivity contribution is 9.10. The van der Waals surface area contributed by atoms with E-state index in [4.69, 9.17) is 4.42 Å². The zero-order valence-corrected chi connectivity index (χ0v) is 17.0. The number of carbonyl (C=O) groups is 2. The molecule has 2 aromatic carbocycles. The Kier molecular flexibility index (Phi) is 6.66. The van der Waals surface area contributed by atoms with Crippen LogP contribution in [0.2, 0.25) is 0 Å². The average Bonchev–Trinajstić information content (AvgIpc) is 3.23. The molecule has 28 heavy (non-hydrogen) atoms. The molecule has 0 bridgehead atoms. The molecule has 0 saturated heterocycles. The summed E-state index contributed by atoms with van der Waals surface area (Å²) in [6.07, 6.45) is 1.80. The van der Waals surface area contributed by atoms with Crippen molar-refractivity contribution in [1.82, 2.24) is 10.6 Å². The van der Waals surface area contributed by atoms with Gasteiger partial charge in [-0.15, -0.1) is 0 Å². The van der Waals surface area contributed by atoms with Gasteiger partial charge in [0.25, 0.3) is 5.91 Å². The van der Waals surface area contributed by atoms with E-state index >= 15 is 0 Å². The van der Waals surface area contributed by atoms with Gasteiger partial charge in [0, 0.05) is 10.9 Å². The second-order valence-electron chi connectivity index (χ2n) is 6.44. The molecule has 3 aromatic rings. The first-order chi connectivity index (χ1) is 13.5. The first kappa shape index (κ1) is 19.9. The zero-order valence-electron chi connectivity index (χ0n) is 15.4. The van der Waals surface area contributed by atoms with Gasteiger partial charge in [0.15, 0.2) is 5.76 Å². The second-order valence-corrected chi connectivity index (χ2v) is 7.30. The van der Waals surface area contributed by atoms with Crippen LogP contribution in [0.3, 0.4) is 0 Å². The third-order valence-electron chi connectivity index (χ3n) is 4.38. The van der Waals surface area contributed by atoms with E-state index in [0.29, 0.717) is 6.42 Å². The highest BCUT2D eigenvalue weighted by Crippen LogP contribution is 2.22. The van der Waals surface area contributed by atoms with Crippen LogP contribution in [0, 0.1) is 0 Å². The van der Waals surface area contributed by atoms with Crippen LogP contribution in [0.4, 0.5) is 0 Å². The molecule has 0 aliphatic rings. The van der Waals surface area contributed by atoms with E-state index in [0.717, 1.165) is 15.6 Å². The fraction of sp³-hybridized carbons (Fsp3) is 0.182. The molecule has 0 aliphatic heterocycles. The van der Waals surface area contributed by atoms with Gasteiger partial charge in [-0.3, -0.25) is 9.59 Å². The predicted octanol–water partition coefficient (Wildman–Crippen LogP) is 4.26. The van der Waals surface area contributed by atoms with Crippen molar-refractivity contribution in [3.63, 3.8) is 0 Å². The third kappa shape index (κ3) is 5.10. The molecule has 0 aliphatic carbocycles. The van der Waals surface area contributed by atoms with E-state index in [1.54, 1.807) is 12.1 Å². The molecule has 2 N–H and O–H groups in total. The van der Waals surface area contributed by atoms with Crippen LogP contribution in [0.5, 0.6) is 0 Å². The number of rotatable bonds is 7. The van der Waals surface area contributed by atoms with Crippen LogP contribution in [-0.2, 0) is 11.2 Å². The summed E-state index contributed by atoms with van der Waals surface area (Å²) in [5.74, 6) is -0.508. The lowest BCUT2D eigenvalue weighted by Gasteiger charge is -2.22. The molecule has 0 spiro atoms. The number of carbonyl (C=O) groups excluding carboxylic acids is 2. The van der Waals surface area contributed by atoms with Gasteiger partial charge in [0.1, 0.15) is 6.04 Å². The lowest BCUT2D eigenvalue weighted by atomic mass is 10.0. The Balaban J connectivity index is 1.75. The summed E-state index contributed by atoms with van der Waals surface area (Å²) in [6, 6.07) is 19.5. The van der Waals surface area contributed by atoms with Gasteiger partial charge in [-0.1, -0.05) is 64.5 Å². The standard InChI is InChI=1S/C22H21BrN2O3/c1-15(17-10-5-6-11-18(17)23)24-21(26)19(14-16-8-3-2-4-9-16)25-22(27)20-12-7-13-28-20/h2-13,15,19H,14H2,1H3,(H,24,26)(H,25,27). The van der Waals surface area contributed by atoms with Gasteiger partial charge in [0.2, 0.25) is 5.91 Å². The molecule has 2 atom stereocenters. The molecule has 1 aromatic heterocycles. The maximum Gasteiger partial charge on any atom is 0.287 e. The van der Waals surface area contributed by atoms with Crippen molar-refractivity contribution in [1.29, 1.82) is 0 Å². The van der Waals surface area contributed by atoms with Crippen LogP contribution in [0.15, 0.2) is 81.9 Å². The minimum Gasteiger partial charge on any atom is -0.459 e. The van der Waals surface area contributed by atoms with Crippen LogP contribution < -0.4 is 10.6 Å². The van der Waals surface area contributed by atoms with Crippen molar-refractivity contribution in [2.45, 2.75) is 25.4 Å². The van der Waals surface area contributed by atoms with Crippen molar-refractivity contribution in [2.75, 3.05) is 0 Å². The Morgan fingerprint density at radius 3 is 2.36 bits per heavy atom. The molecule has 0 radical (unpaired) electrons. The molecule has 5 nitrogen and oxygen atoms in total. The van der Waals surface area contributed by atoms with Gasteiger partial charge in [-0.05, 0) is 36.2 Å². The lowest BCUT2D eigenvalue weighted by molar-refractivity contribution is -0.123. The molecular weight excluding hydrogens is 420 g/mol. The highest BCUT2D eigenvalue weighted by Gasteiger charge is 2.24. The van der Waals surface area contributed by atoms with E-state index in [1.165, 1.54) is 6.26 Å². The largest absolute Gasteiger partial charge is 0.459 e.